The topological polar surface area (TPSA) is 53.2 Å². The van der Waals surface area contributed by atoms with Crippen LogP contribution in [0.15, 0.2) is 23.0 Å². The third-order valence-corrected chi connectivity index (χ3v) is 2.81. The molecule has 2 rings (SSSR count). The van der Waals surface area contributed by atoms with Crippen molar-refractivity contribution in [1.82, 2.24) is 9.88 Å². The van der Waals surface area contributed by atoms with Crippen LogP contribution in [0.2, 0.25) is 0 Å². The molecule has 0 saturated carbocycles. The molecule has 1 aromatic heterocycles. The molecule has 1 amide bonds. The summed E-state index contributed by atoms with van der Waals surface area (Å²) in [5.41, 5.74) is 0.156. The lowest BCUT2D eigenvalue weighted by atomic mass is 10.2. The smallest absolute Gasteiger partial charge is 0.270 e. The van der Waals surface area contributed by atoms with Crippen molar-refractivity contribution in [3.63, 3.8) is 0 Å². The van der Waals surface area contributed by atoms with E-state index in [1.807, 2.05) is 11.8 Å². The molecular formula is C11H14N2O2. The first-order chi connectivity index (χ1) is 7.18. The maximum atomic E-state index is 12.0. The number of hydrogen-bond acceptors (Lipinski definition) is 2. The lowest BCUT2D eigenvalue weighted by Gasteiger charge is -2.20. The van der Waals surface area contributed by atoms with Gasteiger partial charge >= 0.3 is 0 Å². The third-order valence-electron chi connectivity index (χ3n) is 2.81. The molecule has 1 unspecified atom stereocenters. The van der Waals surface area contributed by atoms with Gasteiger partial charge in [0, 0.05) is 18.7 Å². The van der Waals surface area contributed by atoms with Crippen molar-refractivity contribution in [2.24, 2.45) is 0 Å². The molecule has 1 aromatic rings. The lowest BCUT2D eigenvalue weighted by molar-refractivity contribution is 0.0741. The molecule has 0 radical (unpaired) electrons. The Morgan fingerprint density at radius 1 is 1.53 bits per heavy atom. The van der Waals surface area contributed by atoms with E-state index in [9.17, 15) is 9.59 Å². The van der Waals surface area contributed by atoms with Gasteiger partial charge in [0.1, 0.15) is 5.69 Å². The van der Waals surface area contributed by atoms with E-state index in [0.29, 0.717) is 5.69 Å². The van der Waals surface area contributed by atoms with Gasteiger partial charge in [-0.15, -0.1) is 0 Å². The highest BCUT2D eigenvalue weighted by Crippen LogP contribution is 2.18. The van der Waals surface area contributed by atoms with Crippen LogP contribution in [0.3, 0.4) is 0 Å². The second kappa shape index (κ2) is 3.88. The molecule has 1 saturated heterocycles. The summed E-state index contributed by atoms with van der Waals surface area (Å²) in [7, 11) is 0. The highest BCUT2D eigenvalue weighted by Gasteiger charge is 2.26. The predicted molar refractivity (Wildman–Crippen MR) is 56.8 cm³/mol. The van der Waals surface area contributed by atoms with Gasteiger partial charge in [0.05, 0.1) is 0 Å². The number of pyridine rings is 1. The summed E-state index contributed by atoms with van der Waals surface area (Å²) >= 11 is 0. The summed E-state index contributed by atoms with van der Waals surface area (Å²) in [6.45, 7) is 2.82. The van der Waals surface area contributed by atoms with E-state index in [-0.39, 0.29) is 17.5 Å². The maximum Gasteiger partial charge on any atom is 0.270 e. The summed E-state index contributed by atoms with van der Waals surface area (Å²) in [5, 5.41) is 0. The summed E-state index contributed by atoms with van der Waals surface area (Å²) in [6.07, 6.45) is 2.09. The number of likely N-dealkylation sites (tertiary alicyclic amines) is 1. The summed E-state index contributed by atoms with van der Waals surface area (Å²) < 4.78 is 0. The van der Waals surface area contributed by atoms with Crippen LogP contribution in [0.4, 0.5) is 0 Å². The summed E-state index contributed by atoms with van der Waals surface area (Å²) in [6, 6.07) is 4.94. The number of carbonyl (C=O) groups excluding carboxylic acids is 1. The van der Waals surface area contributed by atoms with Crippen LogP contribution < -0.4 is 5.56 Å². The molecule has 1 N–H and O–H groups in total. The first-order valence-electron chi connectivity index (χ1n) is 5.19. The molecule has 2 heterocycles. The van der Waals surface area contributed by atoms with Crippen molar-refractivity contribution in [2.75, 3.05) is 6.54 Å². The maximum absolute atomic E-state index is 12.0. The Morgan fingerprint density at radius 2 is 2.33 bits per heavy atom. The first kappa shape index (κ1) is 9.96. The van der Waals surface area contributed by atoms with Gasteiger partial charge in [0.25, 0.3) is 5.91 Å². The van der Waals surface area contributed by atoms with E-state index < -0.39 is 0 Å². The number of aromatic nitrogens is 1. The molecule has 15 heavy (non-hydrogen) atoms. The Kier molecular flexibility index (Phi) is 2.58. The van der Waals surface area contributed by atoms with Gasteiger partial charge in [-0.1, -0.05) is 6.07 Å². The third kappa shape index (κ3) is 1.93. The number of nitrogens with one attached hydrogen (secondary N) is 1. The molecule has 1 aliphatic heterocycles. The van der Waals surface area contributed by atoms with Crippen molar-refractivity contribution < 1.29 is 4.79 Å². The van der Waals surface area contributed by atoms with Crippen LogP contribution in [0.25, 0.3) is 0 Å². The van der Waals surface area contributed by atoms with Gasteiger partial charge in [0.15, 0.2) is 0 Å². The van der Waals surface area contributed by atoms with E-state index in [2.05, 4.69) is 4.98 Å². The zero-order valence-corrected chi connectivity index (χ0v) is 8.69. The Bertz CT molecular complexity index is 425. The van der Waals surface area contributed by atoms with Crippen LogP contribution in [-0.2, 0) is 0 Å². The second-order valence-electron chi connectivity index (χ2n) is 3.92. The van der Waals surface area contributed by atoms with Crippen LogP contribution >= 0.6 is 0 Å². The molecule has 1 atom stereocenters. The highest BCUT2D eigenvalue weighted by molar-refractivity contribution is 5.92. The second-order valence-corrected chi connectivity index (χ2v) is 3.92. The van der Waals surface area contributed by atoms with Gasteiger partial charge in [0.2, 0.25) is 5.56 Å². The Balaban J connectivity index is 2.24. The molecule has 0 aliphatic carbocycles. The number of H-pyrrole nitrogens is 1. The van der Waals surface area contributed by atoms with Crippen LogP contribution in [0, 0.1) is 0 Å². The monoisotopic (exact) mass is 206 g/mol. The molecule has 80 valence electrons. The number of carbonyl (C=O) groups is 1. The average Bonchev–Trinajstić information content (AvgIpc) is 2.63. The van der Waals surface area contributed by atoms with Gasteiger partial charge in [-0.25, -0.2) is 0 Å². The number of amides is 1. The zero-order valence-electron chi connectivity index (χ0n) is 8.69. The Morgan fingerprint density at radius 3 is 2.93 bits per heavy atom. The minimum absolute atomic E-state index is 0.0716. The zero-order chi connectivity index (χ0) is 10.8. The quantitative estimate of drug-likeness (QED) is 0.745. The molecule has 0 aromatic carbocycles. The van der Waals surface area contributed by atoms with Crippen molar-refractivity contribution >= 4 is 5.91 Å². The molecule has 0 spiro atoms. The average molecular weight is 206 g/mol. The van der Waals surface area contributed by atoms with E-state index in [1.54, 1.807) is 12.1 Å². The van der Waals surface area contributed by atoms with Gasteiger partial charge < -0.3 is 9.88 Å². The number of aromatic amines is 1. The fourth-order valence-electron chi connectivity index (χ4n) is 1.96. The molecular weight excluding hydrogens is 192 g/mol. The molecule has 1 aliphatic rings. The number of hydrogen-bond donors (Lipinski definition) is 1. The fraction of sp³-hybridized carbons (Fsp3) is 0.455. The van der Waals surface area contributed by atoms with E-state index in [1.165, 1.54) is 6.07 Å². The highest BCUT2D eigenvalue weighted by atomic mass is 16.2. The van der Waals surface area contributed by atoms with Crippen molar-refractivity contribution in [2.45, 2.75) is 25.8 Å². The largest absolute Gasteiger partial charge is 0.335 e. The van der Waals surface area contributed by atoms with Crippen molar-refractivity contribution in [3.05, 3.63) is 34.2 Å². The number of rotatable bonds is 1. The molecule has 4 nitrogen and oxygen atoms in total. The van der Waals surface area contributed by atoms with Gasteiger partial charge in [-0.2, -0.15) is 0 Å². The first-order valence-corrected chi connectivity index (χ1v) is 5.19. The Hall–Kier alpha value is -1.58. The minimum atomic E-state index is -0.229. The SMILES string of the molecule is CC1CCCN1C(=O)c1cccc(=O)[nH]1. The van der Waals surface area contributed by atoms with E-state index in [0.717, 1.165) is 19.4 Å². The molecule has 0 bridgehead atoms. The van der Waals surface area contributed by atoms with Crippen molar-refractivity contribution in [3.8, 4) is 0 Å². The predicted octanol–water partition coefficient (Wildman–Crippen LogP) is 0.999. The fourth-order valence-corrected chi connectivity index (χ4v) is 1.96. The van der Waals surface area contributed by atoms with Crippen LogP contribution in [0.5, 0.6) is 0 Å². The minimum Gasteiger partial charge on any atom is -0.335 e. The van der Waals surface area contributed by atoms with Crippen LogP contribution in [0.1, 0.15) is 30.3 Å². The molecule has 4 heteroatoms. The van der Waals surface area contributed by atoms with Gasteiger partial charge in [-0.3, -0.25) is 9.59 Å². The molecule has 1 fully saturated rings. The normalized spacial score (nSPS) is 20.6. The standard InChI is InChI=1S/C11H14N2O2/c1-8-4-3-7-13(8)11(15)9-5-2-6-10(14)12-9/h2,5-6,8H,3-4,7H2,1H3,(H,12,14). The summed E-state index contributed by atoms with van der Waals surface area (Å²) in [5.74, 6) is -0.0716. The van der Waals surface area contributed by atoms with Gasteiger partial charge in [-0.05, 0) is 25.8 Å². The summed E-state index contributed by atoms with van der Waals surface area (Å²) in [4.78, 5) is 27.4. The lowest BCUT2D eigenvalue weighted by Crippen LogP contribution is -2.34. The van der Waals surface area contributed by atoms with E-state index in [4.69, 9.17) is 0 Å². The Labute approximate surface area is 87.9 Å². The van der Waals surface area contributed by atoms with E-state index >= 15 is 0 Å². The van der Waals surface area contributed by atoms with Crippen LogP contribution in [-0.4, -0.2) is 28.4 Å². The van der Waals surface area contributed by atoms with Crippen molar-refractivity contribution in [1.29, 1.82) is 0 Å². The number of nitrogens with zero attached hydrogens (tertiary/aromatic N) is 1.